The lowest BCUT2D eigenvalue weighted by atomic mass is 10.2. The van der Waals surface area contributed by atoms with Crippen molar-refractivity contribution in [3.8, 4) is 0 Å². The van der Waals surface area contributed by atoms with Crippen molar-refractivity contribution in [1.29, 1.82) is 5.41 Å². The van der Waals surface area contributed by atoms with E-state index in [0.717, 1.165) is 17.3 Å². The molecule has 1 aromatic carbocycles. The Morgan fingerprint density at radius 2 is 2.13 bits per heavy atom. The fourth-order valence-corrected chi connectivity index (χ4v) is 2.06. The van der Waals surface area contributed by atoms with Gasteiger partial charge in [-0.2, -0.15) is 0 Å². The first-order valence-electron chi connectivity index (χ1n) is 4.21. The Hall–Kier alpha value is -1.26. The van der Waals surface area contributed by atoms with Crippen LogP contribution >= 0.6 is 23.4 Å². The van der Waals surface area contributed by atoms with Gasteiger partial charge in [-0.1, -0.05) is 29.8 Å². The van der Waals surface area contributed by atoms with Gasteiger partial charge in [0.25, 0.3) is 5.91 Å². The van der Waals surface area contributed by atoms with Gasteiger partial charge in [0.15, 0.2) is 5.17 Å². The minimum Gasteiger partial charge on any atom is -0.301 e. The summed E-state index contributed by atoms with van der Waals surface area (Å²) >= 11 is 7.05. The van der Waals surface area contributed by atoms with Crippen molar-refractivity contribution in [1.82, 2.24) is 5.32 Å². The van der Waals surface area contributed by atoms with Crippen molar-refractivity contribution in [2.24, 2.45) is 0 Å². The molecule has 1 saturated heterocycles. The Bertz CT molecular complexity index is 470. The van der Waals surface area contributed by atoms with Crippen molar-refractivity contribution in [2.45, 2.75) is 0 Å². The maximum absolute atomic E-state index is 11.3. The molecule has 1 fully saturated rings. The third-order valence-electron chi connectivity index (χ3n) is 1.85. The van der Waals surface area contributed by atoms with Gasteiger partial charge in [-0.3, -0.25) is 10.2 Å². The number of thioether (sulfide) groups is 1. The molecular formula is C10H7ClN2OS. The molecule has 15 heavy (non-hydrogen) atoms. The van der Waals surface area contributed by atoms with Crippen molar-refractivity contribution >= 4 is 40.5 Å². The van der Waals surface area contributed by atoms with Crippen LogP contribution in [-0.4, -0.2) is 11.1 Å². The SMILES string of the molecule is N=C1NC(=O)C(=Cc2ccccc2Cl)S1. The van der Waals surface area contributed by atoms with Crippen LogP contribution < -0.4 is 5.32 Å². The van der Waals surface area contributed by atoms with E-state index in [9.17, 15) is 4.79 Å². The lowest BCUT2D eigenvalue weighted by Gasteiger charge is -1.97. The summed E-state index contributed by atoms with van der Waals surface area (Å²) in [6, 6.07) is 7.26. The summed E-state index contributed by atoms with van der Waals surface area (Å²) in [7, 11) is 0. The van der Waals surface area contributed by atoms with Crippen LogP contribution in [0.5, 0.6) is 0 Å². The average Bonchev–Trinajstić information content (AvgIpc) is 2.49. The van der Waals surface area contributed by atoms with E-state index in [4.69, 9.17) is 17.0 Å². The monoisotopic (exact) mass is 238 g/mol. The summed E-state index contributed by atoms with van der Waals surface area (Å²) in [5, 5.41) is 10.4. The number of hydrogen-bond acceptors (Lipinski definition) is 3. The molecule has 1 aliphatic heterocycles. The molecule has 0 radical (unpaired) electrons. The molecule has 2 N–H and O–H groups in total. The van der Waals surface area contributed by atoms with Crippen LogP contribution in [0.4, 0.5) is 0 Å². The quantitative estimate of drug-likeness (QED) is 0.739. The van der Waals surface area contributed by atoms with Crippen LogP contribution in [0, 0.1) is 5.41 Å². The van der Waals surface area contributed by atoms with Crippen molar-refractivity contribution in [3.05, 3.63) is 39.8 Å². The number of amidine groups is 1. The van der Waals surface area contributed by atoms with E-state index in [2.05, 4.69) is 5.32 Å². The summed E-state index contributed by atoms with van der Waals surface area (Å²) in [6.07, 6.45) is 1.68. The molecule has 2 rings (SSSR count). The van der Waals surface area contributed by atoms with E-state index >= 15 is 0 Å². The topological polar surface area (TPSA) is 53.0 Å². The van der Waals surface area contributed by atoms with E-state index < -0.39 is 0 Å². The number of carbonyl (C=O) groups excluding carboxylic acids is 1. The van der Waals surface area contributed by atoms with Crippen LogP contribution in [0.2, 0.25) is 5.02 Å². The minimum absolute atomic E-state index is 0.151. The Kier molecular flexibility index (Phi) is 2.79. The fourth-order valence-electron chi connectivity index (χ4n) is 1.17. The van der Waals surface area contributed by atoms with Gasteiger partial charge in [-0.25, -0.2) is 0 Å². The third-order valence-corrected chi connectivity index (χ3v) is 3.03. The van der Waals surface area contributed by atoms with Gasteiger partial charge in [0.2, 0.25) is 0 Å². The van der Waals surface area contributed by atoms with Crippen LogP contribution in [0.25, 0.3) is 6.08 Å². The van der Waals surface area contributed by atoms with E-state index in [1.807, 2.05) is 18.2 Å². The summed E-state index contributed by atoms with van der Waals surface area (Å²) in [4.78, 5) is 11.8. The standard InChI is InChI=1S/C10H7ClN2OS/c11-7-4-2-1-3-6(7)5-8-9(14)13-10(12)15-8/h1-5H,(H2,12,13,14). The number of hydrogen-bond donors (Lipinski definition) is 2. The zero-order valence-electron chi connectivity index (χ0n) is 7.58. The van der Waals surface area contributed by atoms with Gasteiger partial charge in [-0.15, -0.1) is 0 Å². The van der Waals surface area contributed by atoms with Gasteiger partial charge in [0.05, 0.1) is 4.91 Å². The summed E-state index contributed by atoms with van der Waals surface area (Å²) < 4.78 is 0. The summed E-state index contributed by atoms with van der Waals surface area (Å²) in [5.41, 5.74) is 0.784. The lowest BCUT2D eigenvalue weighted by molar-refractivity contribution is -0.115. The van der Waals surface area contributed by atoms with Crippen LogP contribution in [-0.2, 0) is 4.79 Å². The molecule has 1 aromatic rings. The first-order chi connectivity index (χ1) is 7.16. The summed E-state index contributed by atoms with van der Waals surface area (Å²) in [6.45, 7) is 0. The van der Waals surface area contributed by atoms with E-state index in [1.165, 1.54) is 0 Å². The highest BCUT2D eigenvalue weighted by Crippen LogP contribution is 2.27. The Labute approximate surface area is 96.0 Å². The zero-order valence-corrected chi connectivity index (χ0v) is 9.15. The molecule has 3 nitrogen and oxygen atoms in total. The molecule has 1 amide bonds. The number of amides is 1. The molecule has 0 unspecified atom stereocenters. The van der Waals surface area contributed by atoms with Crippen molar-refractivity contribution in [3.63, 3.8) is 0 Å². The number of nitrogens with one attached hydrogen (secondary N) is 2. The molecule has 0 atom stereocenters. The highest BCUT2D eigenvalue weighted by Gasteiger charge is 2.22. The first kappa shape index (κ1) is 10.3. The number of carbonyl (C=O) groups is 1. The van der Waals surface area contributed by atoms with E-state index in [0.29, 0.717) is 9.93 Å². The largest absolute Gasteiger partial charge is 0.301 e. The Balaban J connectivity index is 2.35. The van der Waals surface area contributed by atoms with Gasteiger partial charge >= 0.3 is 0 Å². The smallest absolute Gasteiger partial charge is 0.264 e. The van der Waals surface area contributed by atoms with E-state index in [1.54, 1.807) is 12.1 Å². The zero-order chi connectivity index (χ0) is 10.8. The fraction of sp³-hybridized carbons (Fsp3) is 0. The maximum atomic E-state index is 11.3. The number of benzene rings is 1. The predicted molar refractivity (Wildman–Crippen MR) is 62.9 cm³/mol. The lowest BCUT2D eigenvalue weighted by Crippen LogP contribution is -2.18. The second-order valence-electron chi connectivity index (χ2n) is 2.92. The molecule has 5 heteroatoms. The van der Waals surface area contributed by atoms with Crippen LogP contribution in [0.1, 0.15) is 5.56 Å². The molecule has 1 heterocycles. The molecular weight excluding hydrogens is 232 g/mol. The molecule has 0 aliphatic carbocycles. The van der Waals surface area contributed by atoms with Gasteiger partial charge < -0.3 is 5.32 Å². The second kappa shape index (κ2) is 4.08. The maximum Gasteiger partial charge on any atom is 0.264 e. The highest BCUT2D eigenvalue weighted by molar-refractivity contribution is 8.18. The Morgan fingerprint density at radius 1 is 1.40 bits per heavy atom. The Morgan fingerprint density at radius 3 is 2.73 bits per heavy atom. The molecule has 0 bridgehead atoms. The van der Waals surface area contributed by atoms with Crippen molar-refractivity contribution < 1.29 is 4.79 Å². The van der Waals surface area contributed by atoms with Gasteiger partial charge in [0.1, 0.15) is 0 Å². The van der Waals surface area contributed by atoms with Gasteiger partial charge in [-0.05, 0) is 29.5 Å². The van der Waals surface area contributed by atoms with Gasteiger partial charge in [0, 0.05) is 5.02 Å². The molecule has 0 spiro atoms. The minimum atomic E-state index is -0.245. The number of rotatable bonds is 1. The average molecular weight is 239 g/mol. The molecule has 76 valence electrons. The predicted octanol–water partition coefficient (Wildman–Crippen LogP) is 2.48. The van der Waals surface area contributed by atoms with Crippen LogP contribution in [0.15, 0.2) is 29.2 Å². The first-order valence-corrected chi connectivity index (χ1v) is 5.40. The highest BCUT2D eigenvalue weighted by atomic mass is 35.5. The van der Waals surface area contributed by atoms with Crippen LogP contribution in [0.3, 0.4) is 0 Å². The molecule has 0 aromatic heterocycles. The second-order valence-corrected chi connectivity index (χ2v) is 4.37. The molecule has 1 aliphatic rings. The summed E-state index contributed by atoms with van der Waals surface area (Å²) in [5.74, 6) is -0.245. The third kappa shape index (κ3) is 2.22. The van der Waals surface area contributed by atoms with E-state index in [-0.39, 0.29) is 11.1 Å². The normalized spacial score (nSPS) is 18.3. The number of halogens is 1. The molecule has 0 saturated carbocycles. The van der Waals surface area contributed by atoms with Crippen molar-refractivity contribution in [2.75, 3.05) is 0 Å².